The molecule has 0 spiro atoms. The van der Waals surface area contributed by atoms with Gasteiger partial charge in [0.15, 0.2) is 0 Å². The van der Waals surface area contributed by atoms with Crippen LogP contribution in [0.4, 0.5) is 4.39 Å². The van der Waals surface area contributed by atoms with E-state index in [-0.39, 0.29) is 11.2 Å². The Kier molecular flexibility index (Phi) is 2.89. The average molecular weight is 130 g/mol. The normalized spacial score (nSPS) is 14.1. The molecule has 0 aromatic rings. The van der Waals surface area contributed by atoms with E-state index >= 15 is 0 Å². The van der Waals surface area contributed by atoms with Gasteiger partial charge in [0, 0.05) is 0 Å². The van der Waals surface area contributed by atoms with Gasteiger partial charge < -0.3 is 0 Å². The number of hydrogen-bond acceptors (Lipinski definition) is 0. The predicted molar refractivity (Wildman–Crippen MR) is 38.9 cm³/mol. The molecule has 0 aromatic carbocycles. The Hall–Kier alpha value is -0.330. The first-order valence-corrected chi connectivity index (χ1v) is 3.24. The first-order chi connectivity index (χ1) is 3.92. The zero-order valence-electron chi connectivity index (χ0n) is 6.66. The Morgan fingerprint density at radius 3 is 2.00 bits per heavy atom. The van der Waals surface area contributed by atoms with Crippen LogP contribution in [0.15, 0.2) is 11.9 Å². The Balaban J connectivity index is 3.64. The molecular weight excluding hydrogens is 115 g/mol. The molecule has 0 aliphatic carbocycles. The Labute approximate surface area is 56.8 Å². The molecule has 0 aliphatic rings. The molecule has 0 aliphatic heterocycles. The van der Waals surface area contributed by atoms with E-state index in [0.29, 0.717) is 0 Å². The van der Waals surface area contributed by atoms with Crippen LogP contribution in [0.3, 0.4) is 0 Å². The van der Waals surface area contributed by atoms with Crippen molar-refractivity contribution in [2.45, 2.75) is 34.1 Å². The number of hydrogen-bond donors (Lipinski definition) is 0. The minimum Gasteiger partial charge on any atom is -0.212 e. The van der Waals surface area contributed by atoms with E-state index in [0.717, 1.165) is 6.42 Å². The van der Waals surface area contributed by atoms with Gasteiger partial charge in [-0.05, 0) is 18.8 Å². The van der Waals surface area contributed by atoms with Gasteiger partial charge in [-0.25, -0.2) is 4.39 Å². The topological polar surface area (TPSA) is 0 Å². The second-order valence-electron chi connectivity index (χ2n) is 3.56. The molecule has 0 aromatic heterocycles. The maximum atomic E-state index is 12.1. The predicted octanol–water partition coefficient (Wildman–Crippen LogP) is 3.30. The Morgan fingerprint density at radius 2 is 1.89 bits per heavy atom. The summed E-state index contributed by atoms with van der Waals surface area (Å²) in [5, 5.41) is 0. The summed E-state index contributed by atoms with van der Waals surface area (Å²) in [6.45, 7) is 7.75. The molecular formula is C8H15F. The highest BCUT2D eigenvalue weighted by molar-refractivity contribution is 4.89. The van der Waals surface area contributed by atoms with Crippen LogP contribution in [0.2, 0.25) is 0 Å². The van der Waals surface area contributed by atoms with Crippen molar-refractivity contribution in [1.82, 2.24) is 0 Å². The Bertz CT molecular complexity index is 102. The van der Waals surface area contributed by atoms with Crippen molar-refractivity contribution in [3.05, 3.63) is 11.9 Å². The van der Waals surface area contributed by atoms with Gasteiger partial charge in [-0.15, -0.1) is 0 Å². The van der Waals surface area contributed by atoms with Gasteiger partial charge in [0.25, 0.3) is 0 Å². The molecule has 1 heteroatoms. The van der Waals surface area contributed by atoms with Crippen LogP contribution in [-0.2, 0) is 0 Å². The first kappa shape index (κ1) is 8.67. The monoisotopic (exact) mass is 130 g/mol. The fraction of sp³-hybridized carbons (Fsp3) is 0.750. The lowest BCUT2D eigenvalue weighted by Crippen LogP contribution is -2.01. The molecule has 9 heavy (non-hydrogen) atoms. The summed E-state index contributed by atoms with van der Waals surface area (Å²) in [6.07, 6.45) is 2.44. The van der Waals surface area contributed by atoms with Crippen molar-refractivity contribution in [3.8, 4) is 0 Å². The molecule has 0 radical (unpaired) electrons. The maximum Gasteiger partial charge on any atom is 0.0929 e. The molecule has 0 N–H and O–H groups in total. The van der Waals surface area contributed by atoms with E-state index in [1.165, 1.54) is 6.92 Å². The third-order valence-corrected chi connectivity index (χ3v) is 0.996. The van der Waals surface area contributed by atoms with E-state index in [1.807, 2.05) is 0 Å². The van der Waals surface area contributed by atoms with Crippen molar-refractivity contribution in [1.29, 1.82) is 0 Å². The highest BCUT2D eigenvalue weighted by Crippen LogP contribution is 2.19. The lowest BCUT2D eigenvalue weighted by molar-refractivity contribution is 0.415. The summed E-state index contributed by atoms with van der Waals surface area (Å²) < 4.78 is 12.1. The van der Waals surface area contributed by atoms with E-state index in [9.17, 15) is 4.39 Å². The van der Waals surface area contributed by atoms with Crippen molar-refractivity contribution in [2.24, 2.45) is 5.41 Å². The van der Waals surface area contributed by atoms with E-state index in [4.69, 9.17) is 0 Å². The third-order valence-electron chi connectivity index (χ3n) is 0.996. The van der Waals surface area contributed by atoms with Crippen LogP contribution < -0.4 is 0 Å². The second-order valence-corrected chi connectivity index (χ2v) is 3.56. The van der Waals surface area contributed by atoms with E-state index in [2.05, 4.69) is 20.8 Å². The minimum absolute atomic E-state index is 0.0788. The molecule has 0 saturated heterocycles. The zero-order valence-corrected chi connectivity index (χ0v) is 6.66. The fourth-order valence-corrected chi connectivity index (χ4v) is 0.447. The van der Waals surface area contributed by atoms with Gasteiger partial charge in [-0.3, -0.25) is 0 Å². The van der Waals surface area contributed by atoms with Crippen molar-refractivity contribution >= 4 is 0 Å². The quantitative estimate of drug-likeness (QED) is 0.511. The molecule has 0 rings (SSSR count). The lowest BCUT2D eigenvalue weighted by Gasteiger charge is -2.14. The van der Waals surface area contributed by atoms with Crippen LogP contribution >= 0.6 is 0 Å². The molecule has 0 heterocycles. The molecule has 0 bridgehead atoms. The average Bonchev–Trinajstić information content (AvgIpc) is 1.59. The summed E-state index contributed by atoms with van der Waals surface area (Å²) in [4.78, 5) is 0. The number of halogens is 1. The van der Waals surface area contributed by atoms with Crippen molar-refractivity contribution < 1.29 is 4.39 Å². The number of rotatable bonds is 1. The summed E-state index contributed by atoms with van der Waals surface area (Å²) in [7, 11) is 0. The molecule has 0 amide bonds. The van der Waals surface area contributed by atoms with Gasteiger partial charge in [0.05, 0.1) is 5.83 Å². The third kappa shape index (κ3) is 7.67. The molecule has 54 valence electrons. The molecule has 0 atom stereocenters. The minimum atomic E-state index is -0.0788. The fourth-order valence-electron chi connectivity index (χ4n) is 0.447. The summed E-state index contributed by atoms with van der Waals surface area (Å²) >= 11 is 0. The van der Waals surface area contributed by atoms with Crippen LogP contribution in [0.1, 0.15) is 34.1 Å². The lowest BCUT2D eigenvalue weighted by atomic mass is 9.92. The van der Waals surface area contributed by atoms with Gasteiger partial charge in [0.2, 0.25) is 0 Å². The zero-order chi connectivity index (χ0) is 7.49. The maximum absolute atomic E-state index is 12.1. The summed E-state index contributed by atoms with van der Waals surface area (Å²) in [6, 6.07) is 0. The van der Waals surface area contributed by atoms with Crippen LogP contribution in [0.5, 0.6) is 0 Å². The summed E-state index contributed by atoms with van der Waals surface area (Å²) in [5.74, 6) is -0.0788. The first-order valence-electron chi connectivity index (χ1n) is 3.24. The number of allylic oxidation sites excluding steroid dienone is 2. The molecule has 0 nitrogen and oxygen atoms in total. The second kappa shape index (κ2) is 3.00. The van der Waals surface area contributed by atoms with Crippen LogP contribution in [0.25, 0.3) is 0 Å². The van der Waals surface area contributed by atoms with Crippen molar-refractivity contribution in [3.63, 3.8) is 0 Å². The van der Waals surface area contributed by atoms with Gasteiger partial charge in [-0.2, -0.15) is 0 Å². The molecule has 0 unspecified atom stereocenters. The van der Waals surface area contributed by atoms with Crippen LogP contribution in [-0.4, -0.2) is 0 Å². The largest absolute Gasteiger partial charge is 0.212 e. The van der Waals surface area contributed by atoms with Gasteiger partial charge >= 0.3 is 0 Å². The van der Waals surface area contributed by atoms with Crippen LogP contribution in [0, 0.1) is 5.41 Å². The van der Waals surface area contributed by atoms with Crippen molar-refractivity contribution in [2.75, 3.05) is 0 Å². The SMILES string of the molecule is C/C(F)=C/CC(C)(C)C. The highest BCUT2D eigenvalue weighted by atomic mass is 19.1. The van der Waals surface area contributed by atoms with Gasteiger partial charge in [-0.1, -0.05) is 26.8 Å². The highest BCUT2D eigenvalue weighted by Gasteiger charge is 2.06. The molecule has 0 fully saturated rings. The smallest absolute Gasteiger partial charge is 0.0929 e. The van der Waals surface area contributed by atoms with E-state index in [1.54, 1.807) is 6.08 Å². The Morgan fingerprint density at radius 1 is 1.44 bits per heavy atom. The van der Waals surface area contributed by atoms with Gasteiger partial charge in [0.1, 0.15) is 0 Å². The van der Waals surface area contributed by atoms with E-state index < -0.39 is 0 Å². The molecule has 0 saturated carbocycles. The summed E-state index contributed by atoms with van der Waals surface area (Å²) in [5.41, 5.74) is 0.216. The standard InChI is InChI=1S/C8H15F/c1-7(9)5-6-8(2,3)4/h5H,6H2,1-4H3/b7-5-.